The van der Waals surface area contributed by atoms with E-state index in [1.807, 2.05) is 18.5 Å². The van der Waals surface area contributed by atoms with E-state index in [0.29, 0.717) is 19.6 Å². The third kappa shape index (κ3) is 5.14. The zero-order valence-electron chi connectivity index (χ0n) is 11.2. The fourth-order valence-electron chi connectivity index (χ4n) is 1.71. The molecule has 100 valence electrons. The van der Waals surface area contributed by atoms with Crippen LogP contribution in [0.15, 0.2) is 18.7 Å². The van der Waals surface area contributed by atoms with Crippen molar-refractivity contribution in [2.24, 2.45) is 0 Å². The Bertz CT molecular complexity index is 398. The van der Waals surface area contributed by atoms with E-state index in [0.717, 1.165) is 24.4 Å². The molecule has 1 aromatic heterocycles. The average molecular weight is 250 g/mol. The maximum Gasteiger partial charge on any atom is 0.233 e. The van der Waals surface area contributed by atoms with E-state index in [4.69, 9.17) is 0 Å². The van der Waals surface area contributed by atoms with Crippen LogP contribution < -0.4 is 10.6 Å². The molecule has 0 bridgehead atoms. The molecule has 2 N–H and O–H groups in total. The Morgan fingerprint density at radius 2 is 2.33 bits per heavy atom. The Balaban J connectivity index is 2.13. The van der Waals surface area contributed by atoms with Gasteiger partial charge >= 0.3 is 0 Å². The summed E-state index contributed by atoms with van der Waals surface area (Å²) in [5, 5.41) is 10.2. The lowest BCUT2D eigenvalue weighted by atomic mass is 10.4. The van der Waals surface area contributed by atoms with Gasteiger partial charge in [0.15, 0.2) is 0 Å². The minimum Gasteiger partial charge on any atom is -0.355 e. The molecule has 0 aliphatic rings. The van der Waals surface area contributed by atoms with E-state index in [1.165, 1.54) is 0 Å². The molecule has 0 atom stereocenters. The number of hydrogen-bond donors (Lipinski definition) is 2. The van der Waals surface area contributed by atoms with Gasteiger partial charge in [0.2, 0.25) is 5.91 Å². The molecule has 1 aromatic rings. The van der Waals surface area contributed by atoms with Crippen molar-refractivity contribution in [1.82, 2.24) is 20.4 Å². The Kier molecular flexibility index (Phi) is 6.14. The van der Waals surface area contributed by atoms with Crippen LogP contribution in [0.2, 0.25) is 0 Å². The number of carbonyl (C=O) groups excluding carboxylic acids is 1. The van der Waals surface area contributed by atoms with Crippen LogP contribution in [-0.4, -0.2) is 35.3 Å². The molecule has 5 heteroatoms. The molecule has 0 spiro atoms. The molecule has 0 aliphatic heterocycles. The second-order valence-corrected chi connectivity index (χ2v) is 4.27. The zero-order valence-corrected chi connectivity index (χ0v) is 11.2. The van der Waals surface area contributed by atoms with Crippen LogP contribution in [0.3, 0.4) is 0 Å². The molecule has 5 nitrogen and oxygen atoms in total. The Morgan fingerprint density at radius 3 is 2.94 bits per heavy atom. The van der Waals surface area contributed by atoms with Gasteiger partial charge in [-0.05, 0) is 26.3 Å². The first-order chi connectivity index (χ1) is 8.63. The van der Waals surface area contributed by atoms with Crippen LogP contribution in [0.25, 0.3) is 0 Å². The summed E-state index contributed by atoms with van der Waals surface area (Å²) in [5.41, 5.74) is 2.19. The summed E-state index contributed by atoms with van der Waals surface area (Å²) in [6, 6.07) is 2.05. The van der Waals surface area contributed by atoms with E-state index in [1.54, 1.807) is 6.08 Å². The number of aryl methyl sites for hydroxylation is 3. The number of carbonyl (C=O) groups is 1. The van der Waals surface area contributed by atoms with Crippen molar-refractivity contribution in [3.63, 3.8) is 0 Å². The molecule has 18 heavy (non-hydrogen) atoms. The summed E-state index contributed by atoms with van der Waals surface area (Å²) in [7, 11) is 0. The fourth-order valence-corrected chi connectivity index (χ4v) is 1.71. The quantitative estimate of drug-likeness (QED) is 0.529. The Hall–Kier alpha value is -1.62. The molecule has 1 rings (SSSR count). The van der Waals surface area contributed by atoms with Crippen molar-refractivity contribution >= 4 is 5.91 Å². The number of hydrogen-bond acceptors (Lipinski definition) is 3. The minimum absolute atomic E-state index is 0.0187. The lowest BCUT2D eigenvalue weighted by molar-refractivity contribution is -0.120. The van der Waals surface area contributed by atoms with Gasteiger partial charge in [-0.25, -0.2) is 0 Å². The van der Waals surface area contributed by atoms with Gasteiger partial charge in [-0.2, -0.15) is 5.10 Å². The monoisotopic (exact) mass is 250 g/mol. The van der Waals surface area contributed by atoms with Crippen molar-refractivity contribution in [1.29, 1.82) is 0 Å². The first kappa shape index (κ1) is 14.4. The standard InChI is InChI=1S/C13H22N4O/c1-4-6-14-10-13(18)15-7-5-8-17-12(3)9-11(2)16-17/h4,9,14H,1,5-8,10H2,2-3H3,(H,15,18). The highest BCUT2D eigenvalue weighted by Gasteiger charge is 2.01. The summed E-state index contributed by atoms with van der Waals surface area (Å²) in [6.07, 6.45) is 2.62. The second-order valence-electron chi connectivity index (χ2n) is 4.27. The summed E-state index contributed by atoms with van der Waals surface area (Å²) in [5.74, 6) is 0.0187. The van der Waals surface area contributed by atoms with Gasteiger partial charge in [0.1, 0.15) is 0 Å². The fraction of sp³-hybridized carbons (Fsp3) is 0.538. The third-order valence-corrected chi connectivity index (χ3v) is 2.55. The lowest BCUT2D eigenvalue weighted by Gasteiger charge is -2.07. The predicted octanol–water partition coefficient (Wildman–Crippen LogP) is 0.782. The van der Waals surface area contributed by atoms with Crippen LogP contribution in [-0.2, 0) is 11.3 Å². The summed E-state index contributed by atoms with van der Waals surface area (Å²) in [4.78, 5) is 11.4. The van der Waals surface area contributed by atoms with Gasteiger partial charge < -0.3 is 10.6 Å². The van der Waals surface area contributed by atoms with Gasteiger partial charge in [-0.15, -0.1) is 6.58 Å². The van der Waals surface area contributed by atoms with E-state index in [-0.39, 0.29) is 5.91 Å². The number of aromatic nitrogens is 2. The van der Waals surface area contributed by atoms with Gasteiger partial charge in [0.05, 0.1) is 12.2 Å². The predicted molar refractivity (Wildman–Crippen MR) is 72.4 cm³/mol. The van der Waals surface area contributed by atoms with Crippen molar-refractivity contribution in [3.8, 4) is 0 Å². The summed E-state index contributed by atoms with van der Waals surface area (Å²) in [6.45, 7) is 10.1. The van der Waals surface area contributed by atoms with Gasteiger partial charge in [0, 0.05) is 25.3 Å². The van der Waals surface area contributed by atoms with Gasteiger partial charge in [-0.3, -0.25) is 9.48 Å². The first-order valence-electron chi connectivity index (χ1n) is 6.23. The number of nitrogens with zero attached hydrogens (tertiary/aromatic N) is 2. The molecule has 0 aromatic carbocycles. The summed E-state index contributed by atoms with van der Waals surface area (Å²) < 4.78 is 1.97. The van der Waals surface area contributed by atoms with Crippen LogP contribution in [0, 0.1) is 13.8 Å². The van der Waals surface area contributed by atoms with Gasteiger partial charge in [-0.1, -0.05) is 6.08 Å². The SMILES string of the molecule is C=CCNCC(=O)NCCCn1nc(C)cc1C. The highest BCUT2D eigenvalue weighted by atomic mass is 16.1. The van der Waals surface area contributed by atoms with E-state index < -0.39 is 0 Å². The molecule has 0 aliphatic carbocycles. The average Bonchev–Trinajstić information content (AvgIpc) is 2.64. The Labute approximate surface area is 108 Å². The molecule has 0 saturated heterocycles. The number of rotatable bonds is 8. The van der Waals surface area contributed by atoms with Crippen LogP contribution >= 0.6 is 0 Å². The molecule has 0 fully saturated rings. The maximum absolute atomic E-state index is 11.4. The molecule has 0 saturated carbocycles. The number of amides is 1. The van der Waals surface area contributed by atoms with Gasteiger partial charge in [0.25, 0.3) is 0 Å². The van der Waals surface area contributed by atoms with Crippen LogP contribution in [0.1, 0.15) is 17.8 Å². The molecule has 1 amide bonds. The summed E-state index contributed by atoms with van der Waals surface area (Å²) >= 11 is 0. The van der Waals surface area contributed by atoms with E-state index in [9.17, 15) is 4.79 Å². The van der Waals surface area contributed by atoms with Crippen molar-refractivity contribution < 1.29 is 4.79 Å². The highest BCUT2D eigenvalue weighted by molar-refractivity contribution is 5.77. The highest BCUT2D eigenvalue weighted by Crippen LogP contribution is 2.01. The topological polar surface area (TPSA) is 59.0 Å². The minimum atomic E-state index is 0.0187. The van der Waals surface area contributed by atoms with Crippen molar-refractivity contribution in [3.05, 3.63) is 30.1 Å². The maximum atomic E-state index is 11.4. The molecule has 0 radical (unpaired) electrons. The zero-order chi connectivity index (χ0) is 13.4. The van der Waals surface area contributed by atoms with Crippen molar-refractivity contribution in [2.75, 3.05) is 19.6 Å². The third-order valence-electron chi connectivity index (χ3n) is 2.55. The normalized spacial score (nSPS) is 10.3. The first-order valence-corrected chi connectivity index (χ1v) is 6.23. The smallest absolute Gasteiger partial charge is 0.233 e. The second kappa shape index (κ2) is 7.66. The van der Waals surface area contributed by atoms with E-state index >= 15 is 0 Å². The van der Waals surface area contributed by atoms with Crippen molar-refractivity contribution in [2.45, 2.75) is 26.8 Å². The van der Waals surface area contributed by atoms with E-state index in [2.05, 4.69) is 28.4 Å². The van der Waals surface area contributed by atoms with Crippen LogP contribution in [0.5, 0.6) is 0 Å². The largest absolute Gasteiger partial charge is 0.355 e. The molecule has 1 heterocycles. The molecule has 0 unspecified atom stereocenters. The lowest BCUT2D eigenvalue weighted by Crippen LogP contribution is -2.34. The molecular formula is C13H22N4O. The Morgan fingerprint density at radius 1 is 1.56 bits per heavy atom. The number of nitrogens with one attached hydrogen (secondary N) is 2. The van der Waals surface area contributed by atoms with Crippen LogP contribution in [0.4, 0.5) is 0 Å². The molecular weight excluding hydrogens is 228 g/mol.